The van der Waals surface area contributed by atoms with E-state index in [-0.39, 0.29) is 11.6 Å². The van der Waals surface area contributed by atoms with E-state index in [1.54, 1.807) is 11.6 Å². The zero-order valence-electron chi connectivity index (χ0n) is 8.89. The molecule has 0 fully saturated rings. The number of fused-ring (bicyclic) bond motifs is 1. The van der Waals surface area contributed by atoms with Crippen LogP contribution in [0.5, 0.6) is 0 Å². The minimum atomic E-state index is -0.958. The predicted molar refractivity (Wildman–Crippen MR) is 63.1 cm³/mol. The Kier molecular flexibility index (Phi) is 2.74. The van der Waals surface area contributed by atoms with Gasteiger partial charge in [-0.15, -0.1) is 11.3 Å². The lowest BCUT2D eigenvalue weighted by molar-refractivity contribution is 0.0699. The normalized spacial score (nSPS) is 10.9. The third-order valence-electron chi connectivity index (χ3n) is 1.96. The van der Waals surface area contributed by atoms with E-state index in [9.17, 15) is 4.79 Å². The summed E-state index contributed by atoms with van der Waals surface area (Å²) >= 11 is 1.34. The molecule has 2 N–H and O–H groups in total. The van der Waals surface area contributed by atoms with Crippen molar-refractivity contribution in [1.82, 2.24) is 9.97 Å². The van der Waals surface area contributed by atoms with Gasteiger partial charge >= 0.3 is 5.97 Å². The molecule has 0 aliphatic rings. The highest BCUT2D eigenvalue weighted by atomic mass is 32.1. The largest absolute Gasteiger partial charge is 0.478 e. The molecule has 0 spiro atoms. The van der Waals surface area contributed by atoms with E-state index in [1.807, 2.05) is 13.8 Å². The van der Waals surface area contributed by atoms with Crippen LogP contribution >= 0.6 is 11.3 Å². The second-order valence-electron chi connectivity index (χ2n) is 3.66. The van der Waals surface area contributed by atoms with Gasteiger partial charge in [0.15, 0.2) is 0 Å². The van der Waals surface area contributed by atoms with Gasteiger partial charge in [-0.05, 0) is 13.8 Å². The molecule has 0 atom stereocenters. The number of aromatic carboxylic acids is 1. The maximum atomic E-state index is 10.9. The van der Waals surface area contributed by atoms with Gasteiger partial charge in [-0.2, -0.15) is 0 Å². The predicted octanol–water partition coefficient (Wildman–Crippen LogP) is 2.21. The number of nitrogens with one attached hydrogen (secondary N) is 1. The van der Waals surface area contributed by atoms with Crippen molar-refractivity contribution in [3.05, 3.63) is 17.1 Å². The van der Waals surface area contributed by atoms with Crippen molar-refractivity contribution in [3.63, 3.8) is 0 Å². The third-order valence-corrected chi connectivity index (χ3v) is 2.87. The number of rotatable bonds is 3. The van der Waals surface area contributed by atoms with Crippen molar-refractivity contribution in [2.24, 2.45) is 0 Å². The molecule has 2 heterocycles. The Bertz CT molecular complexity index is 536. The molecule has 0 saturated carbocycles. The zero-order valence-corrected chi connectivity index (χ0v) is 9.71. The maximum absolute atomic E-state index is 10.9. The minimum absolute atomic E-state index is 0.212. The molecule has 2 aromatic heterocycles. The van der Waals surface area contributed by atoms with Crippen LogP contribution in [0.4, 0.5) is 5.95 Å². The average Bonchev–Trinajstić information content (AvgIpc) is 2.59. The number of carboxylic acid groups (broad SMARTS) is 1. The average molecular weight is 237 g/mol. The van der Waals surface area contributed by atoms with E-state index in [4.69, 9.17) is 5.11 Å². The molecular formula is C10H11N3O2S. The molecule has 0 amide bonds. The van der Waals surface area contributed by atoms with Gasteiger partial charge in [-0.1, -0.05) is 0 Å². The summed E-state index contributed by atoms with van der Waals surface area (Å²) < 4.78 is 0.784. The van der Waals surface area contributed by atoms with Crippen LogP contribution in [0.3, 0.4) is 0 Å². The standard InChI is InChI=1S/C10H11N3O2S/c1-5(2)12-10-11-3-7-8(13-10)6(4-16-7)9(14)15/h3-5H,1-2H3,(H,14,15)(H,11,12,13). The van der Waals surface area contributed by atoms with E-state index >= 15 is 0 Å². The Labute approximate surface area is 96.2 Å². The fourth-order valence-corrected chi connectivity index (χ4v) is 2.15. The quantitative estimate of drug-likeness (QED) is 0.856. The smallest absolute Gasteiger partial charge is 0.338 e. The highest BCUT2D eigenvalue weighted by Crippen LogP contribution is 2.24. The first-order chi connectivity index (χ1) is 7.58. The lowest BCUT2D eigenvalue weighted by atomic mass is 10.3. The number of aromatic nitrogens is 2. The molecule has 0 aliphatic heterocycles. The number of anilines is 1. The number of hydrogen-bond acceptors (Lipinski definition) is 5. The number of carbonyl (C=O) groups is 1. The van der Waals surface area contributed by atoms with Crippen LogP contribution in [0, 0.1) is 0 Å². The first-order valence-electron chi connectivity index (χ1n) is 4.82. The topological polar surface area (TPSA) is 75.1 Å². The monoisotopic (exact) mass is 237 g/mol. The third kappa shape index (κ3) is 1.96. The number of nitrogens with zero attached hydrogens (tertiary/aromatic N) is 2. The van der Waals surface area contributed by atoms with Gasteiger partial charge in [0.05, 0.1) is 16.5 Å². The van der Waals surface area contributed by atoms with Crippen molar-refractivity contribution in [3.8, 4) is 0 Å². The SMILES string of the molecule is CC(C)Nc1ncc2scc(C(=O)O)c2n1. The lowest BCUT2D eigenvalue weighted by Crippen LogP contribution is -2.12. The number of hydrogen-bond donors (Lipinski definition) is 2. The molecule has 0 saturated heterocycles. The summed E-state index contributed by atoms with van der Waals surface area (Å²) in [4.78, 5) is 19.3. The second kappa shape index (κ2) is 4.05. The lowest BCUT2D eigenvalue weighted by Gasteiger charge is -2.07. The Morgan fingerprint density at radius 1 is 1.56 bits per heavy atom. The highest BCUT2D eigenvalue weighted by molar-refractivity contribution is 7.17. The van der Waals surface area contributed by atoms with Gasteiger partial charge in [-0.25, -0.2) is 14.8 Å². The molecule has 0 unspecified atom stereocenters. The van der Waals surface area contributed by atoms with Crippen LogP contribution in [0.1, 0.15) is 24.2 Å². The highest BCUT2D eigenvalue weighted by Gasteiger charge is 2.13. The van der Waals surface area contributed by atoms with E-state index in [1.165, 1.54) is 11.3 Å². The Morgan fingerprint density at radius 2 is 2.31 bits per heavy atom. The molecule has 0 bridgehead atoms. The van der Waals surface area contributed by atoms with Crippen LogP contribution in [0.25, 0.3) is 10.2 Å². The van der Waals surface area contributed by atoms with E-state index in [0.29, 0.717) is 11.5 Å². The van der Waals surface area contributed by atoms with Gasteiger partial charge in [-0.3, -0.25) is 0 Å². The van der Waals surface area contributed by atoms with Crippen molar-refractivity contribution in [1.29, 1.82) is 0 Å². The van der Waals surface area contributed by atoms with Crippen molar-refractivity contribution >= 4 is 33.5 Å². The minimum Gasteiger partial charge on any atom is -0.478 e. The summed E-state index contributed by atoms with van der Waals surface area (Å²) in [6.45, 7) is 3.94. The van der Waals surface area contributed by atoms with Gasteiger partial charge in [0.1, 0.15) is 5.52 Å². The van der Waals surface area contributed by atoms with Gasteiger partial charge in [0.25, 0.3) is 0 Å². The van der Waals surface area contributed by atoms with Crippen molar-refractivity contribution < 1.29 is 9.90 Å². The molecular weight excluding hydrogens is 226 g/mol. The molecule has 84 valence electrons. The molecule has 0 aliphatic carbocycles. The fourth-order valence-electron chi connectivity index (χ4n) is 1.31. The molecule has 2 aromatic rings. The zero-order chi connectivity index (χ0) is 11.7. The van der Waals surface area contributed by atoms with Crippen LogP contribution in [0.15, 0.2) is 11.6 Å². The van der Waals surface area contributed by atoms with Gasteiger partial charge in [0.2, 0.25) is 5.95 Å². The maximum Gasteiger partial charge on any atom is 0.338 e. The summed E-state index contributed by atoms with van der Waals surface area (Å²) in [6.07, 6.45) is 1.64. The molecule has 0 aromatic carbocycles. The summed E-state index contributed by atoms with van der Waals surface area (Å²) in [5.74, 6) is -0.496. The van der Waals surface area contributed by atoms with Crippen molar-refractivity contribution in [2.45, 2.75) is 19.9 Å². The van der Waals surface area contributed by atoms with Crippen LogP contribution < -0.4 is 5.32 Å². The molecule has 0 radical (unpaired) electrons. The molecule has 16 heavy (non-hydrogen) atoms. The first-order valence-corrected chi connectivity index (χ1v) is 5.70. The Balaban J connectivity index is 2.50. The molecule has 5 nitrogen and oxygen atoms in total. The van der Waals surface area contributed by atoms with E-state index < -0.39 is 5.97 Å². The van der Waals surface area contributed by atoms with Gasteiger partial charge in [0, 0.05) is 11.4 Å². The molecule has 6 heteroatoms. The first kappa shape index (κ1) is 10.8. The van der Waals surface area contributed by atoms with E-state index in [2.05, 4.69) is 15.3 Å². The second-order valence-corrected chi connectivity index (χ2v) is 4.57. The van der Waals surface area contributed by atoms with Crippen LogP contribution in [-0.2, 0) is 0 Å². The summed E-state index contributed by atoms with van der Waals surface area (Å²) in [7, 11) is 0. The summed E-state index contributed by atoms with van der Waals surface area (Å²) in [6, 6.07) is 0.212. The Hall–Kier alpha value is -1.69. The van der Waals surface area contributed by atoms with E-state index in [0.717, 1.165) is 4.70 Å². The Morgan fingerprint density at radius 3 is 2.94 bits per heavy atom. The fraction of sp³-hybridized carbons (Fsp3) is 0.300. The number of thiophene rings is 1. The molecule has 2 rings (SSSR count). The summed E-state index contributed by atoms with van der Waals surface area (Å²) in [5, 5.41) is 13.6. The van der Waals surface area contributed by atoms with Crippen LogP contribution in [-0.4, -0.2) is 27.1 Å². The summed E-state index contributed by atoms with van der Waals surface area (Å²) in [5.41, 5.74) is 0.727. The van der Waals surface area contributed by atoms with Crippen LogP contribution in [0.2, 0.25) is 0 Å². The van der Waals surface area contributed by atoms with Gasteiger partial charge < -0.3 is 10.4 Å². The number of carboxylic acids is 1. The van der Waals surface area contributed by atoms with Crippen molar-refractivity contribution in [2.75, 3.05) is 5.32 Å².